The second-order valence-electron chi connectivity index (χ2n) is 6.85. The van der Waals surface area contributed by atoms with Crippen molar-refractivity contribution in [2.75, 3.05) is 31.2 Å². The number of benzene rings is 2. The van der Waals surface area contributed by atoms with Crippen molar-refractivity contribution in [1.82, 2.24) is 9.97 Å². The van der Waals surface area contributed by atoms with Crippen LogP contribution in [-0.4, -0.2) is 36.3 Å². The first-order valence-electron chi connectivity index (χ1n) is 9.52. The van der Waals surface area contributed by atoms with Crippen LogP contribution in [0.1, 0.15) is 10.6 Å². The van der Waals surface area contributed by atoms with Crippen LogP contribution in [0.3, 0.4) is 0 Å². The molecule has 1 aliphatic heterocycles. The third-order valence-electron chi connectivity index (χ3n) is 4.99. The van der Waals surface area contributed by atoms with Gasteiger partial charge in [0.2, 0.25) is 0 Å². The van der Waals surface area contributed by atoms with Crippen molar-refractivity contribution in [3.05, 3.63) is 65.2 Å². The average molecular weight is 398 g/mol. The Morgan fingerprint density at radius 2 is 1.79 bits per heavy atom. The van der Waals surface area contributed by atoms with E-state index in [1.54, 1.807) is 0 Å². The second-order valence-corrected chi connectivity index (χ2v) is 7.88. The van der Waals surface area contributed by atoms with Crippen LogP contribution >= 0.6 is 11.3 Å². The lowest BCUT2D eigenvalue weighted by Gasteiger charge is -2.29. The van der Waals surface area contributed by atoms with Gasteiger partial charge in [0.25, 0.3) is 0 Å². The van der Waals surface area contributed by atoms with E-state index in [1.807, 2.05) is 54.6 Å². The molecular weight excluding hydrogens is 380 g/mol. The van der Waals surface area contributed by atoms with E-state index in [0.29, 0.717) is 18.8 Å². The number of pyridine rings is 1. The number of hydrogen-bond donors (Lipinski definition) is 0. The van der Waals surface area contributed by atoms with E-state index in [1.165, 1.54) is 11.3 Å². The predicted molar refractivity (Wildman–Crippen MR) is 118 cm³/mol. The number of anilines is 1. The van der Waals surface area contributed by atoms with Crippen molar-refractivity contribution in [2.45, 2.75) is 0 Å². The number of nitriles is 1. The van der Waals surface area contributed by atoms with Crippen LogP contribution in [0.25, 0.3) is 32.8 Å². The molecule has 4 aromatic rings. The van der Waals surface area contributed by atoms with Crippen LogP contribution in [0.4, 0.5) is 5.82 Å². The lowest BCUT2D eigenvalue weighted by Crippen LogP contribution is -2.37. The minimum Gasteiger partial charge on any atom is -0.378 e. The smallest absolute Gasteiger partial charge is 0.136 e. The van der Waals surface area contributed by atoms with E-state index < -0.39 is 0 Å². The molecule has 29 heavy (non-hydrogen) atoms. The molecule has 0 atom stereocenters. The van der Waals surface area contributed by atoms with Crippen molar-refractivity contribution in [3.63, 3.8) is 0 Å². The van der Waals surface area contributed by atoms with Crippen LogP contribution < -0.4 is 4.90 Å². The summed E-state index contributed by atoms with van der Waals surface area (Å²) in [5.41, 5.74) is 3.35. The molecule has 1 saturated heterocycles. The number of fused-ring (bicyclic) bond motifs is 2. The summed E-state index contributed by atoms with van der Waals surface area (Å²) in [6, 6.07) is 20.5. The molecule has 1 aliphatic rings. The molecule has 6 heteroatoms. The highest BCUT2D eigenvalue weighted by atomic mass is 32.1. The van der Waals surface area contributed by atoms with Gasteiger partial charge in [0, 0.05) is 24.0 Å². The van der Waals surface area contributed by atoms with Gasteiger partial charge in [0.1, 0.15) is 16.9 Å². The molecule has 2 aromatic heterocycles. The maximum absolute atomic E-state index is 9.87. The van der Waals surface area contributed by atoms with Crippen molar-refractivity contribution >= 4 is 49.9 Å². The highest BCUT2D eigenvalue weighted by Gasteiger charge is 2.18. The van der Waals surface area contributed by atoms with Gasteiger partial charge in [-0.25, -0.2) is 9.97 Å². The largest absolute Gasteiger partial charge is 0.378 e. The Kier molecular flexibility index (Phi) is 4.68. The molecule has 0 radical (unpaired) electrons. The Bertz CT molecular complexity index is 1230. The summed E-state index contributed by atoms with van der Waals surface area (Å²) >= 11 is 1.54. The fourth-order valence-corrected chi connectivity index (χ4v) is 4.47. The molecule has 0 amide bonds. The van der Waals surface area contributed by atoms with Crippen LogP contribution in [0.15, 0.2) is 54.6 Å². The number of thiazole rings is 1. The van der Waals surface area contributed by atoms with Gasteiger partial charge in [-0.05, 0) is 30.3 Å². The van der Waals surface area contributed by atoms with E-state index in [0.717, 1.165) is 50.6 Å². The molecular formula is C23H18N4OS. The minimum atomic E-state index is 0.554. The highest BCUT2D eigenvalue weighted by molar-refractivity contribution is 7.19. The molecule has 0 bridgehead atoms. The third kappa shape index (κ3) is 3.46. The molecule has 142 valence electrons. The van der Waals surface area contributed by atoms with Gasteiger partial charge in [0.05, 0.1) is 34.5 Å². The number of rotatable bonds is 3. The SMILES string of the molecule is N#C/C(=C\c1cc2ccccc2nc1N1CCOCC1)c1nc2ccccc2s1. The van der Waals surface area contributed by atoms with Gasteiger partial charge in [-0.3, -0.25) is 0 Å². The van der Waals surface area contributed by atoms with E-state index in [9.17, 15) is 5.26 Å². The normalized spacial score (nSPS) is 15.0. The van der Waals surface area contributed by atoms with E-state index >= 15 is 0 Å². The van der Waals surface area contributed by atoms with Gasteiger partial charge >= 0.3 is 0 Å². The van der Waals surface area contributed by atoms with E-state index in [2.05, 4.69) is 22.0 Å². The lowest BCUT2D eigenvalue weighted by atomic mass is 10.1. The summed E-state index contributed by atoms with van der Waals surface area (Å²) in [4.78, 5) is 11.8. The Hall–Kier alpha value is -3.27. The van der Waals surface area contributed by atoms with E-state index in [4.69, 9.17) is 9.72 Å². The van der Waals surface area contributed by atoms with Crippen LogP contribution in [-0.2, 0) is 4.74 Å². The summed E-state index contributed by atoms with van der Waals surface area (Å²) in [6.07, 6.45) is 1.92. The quantitative estimate of drug-likeness (QED) is 0.466. The van der Waals surface area contributed by atoms with Crippen LogP contribution in [0.2, 0.25) is 0 Å². The Labute approximate surface area is 172 Å². The van der Waals surface area contributed by atoms with Crippen molar-refractivity contribution < 1.29 is 4.74 Å². The third-order valence-corrected chi connectivity index (χ3v) is 6.06. The predicted octanol–water partition coefficient (Wildman–Crippen LogP) is 4.75. The standard InChI is InChI=1S/C23H18N4OS/c24-15-18(23-26-20-7-3-4-8-21(20)29-23)14-17-13-16-5-1-2-6-19(16)25-22(17)27-9-11-28-12-10-27/h1-8,13-14H,9-12H2/b18-14+. The summed E-state index contributed by atoms with van der Waals surface area (Å²) < 4.78 is 6.59. The fraction of sp³-hybridized carbons (Fsp3) is 0.174. The van der Waals surface area contributed by atoms with Crippen molar-refractivity contribution in [2.24, 2.45) is 0 Å². The van der Waals surface area contributed by atoms with Gasteiger partial charge in [-0.1, -0.05) is 30.3 Å². The number of aromatic nitrogens is 2. The Balaban J connectivity index is 1.66. The van der Waals surface area contributed by atoms with Gasteiger partial charge in [-0.2, -0.15) is 5.26 Å². The number of hydrogen-bond acceptors (Lipinski definition) is 6. The number of para-hydroxylation sites is 2. The maximum Gasteiger partial charge on any atom is 0.136 e. The first-order valence-corrected chi connectivity index (χ1v) is 10.3. The summed E-state index contributed by atoms with van der Waals surface area (Å²) in [6.45, 7) is 2.94. The zero-order valence-corrected chi connectivity index (χ0v) is 16.5. The zero-order valence-electron chi connectivity index (χ0n) is 15.7. The first kappa shape index (κ1) is 17.8. The van der Waals surface area contributed by atoms with Gasteiger partial charge in [-0.15, -0.1) is 11.3 Å². The van der Waals surface area contributed by atoms with Gasteiger partial charge in [0.15, 0.2) is 0 Å². The van der Waals surface area contributed by atoms with Crippen molar-refractivity contribution in [1.29, 1.82) is 5.26 Å². The molecule has 3 heterocycles. The van der Waals surface area contributed by atoms with E-state index in [-0.39, 0.29) is 0 Å². The average Bonchev–Trinajstić information content (AvgIpc) is 3.21. The number of allylic oxidation sites excluding steroid dienone is 1. The maximum atomic E-state index is 9.87. The molecule has 0 N–H and O–H groups in total. The summed E-state index contributed by atoms with van der Waals surface area (Å²) in [5, 5.41) is 11.7. The highest BCUT2D eigenvalue weighted by Crippen LogP contribution is 2.31. The molecule has 5 nitrogen and oxygen atoms in total. The van der Waals surface area contributed by atoms with Crippen molar-refractivity contribution in [3.8, 4) is 6.07 Å². The van der Waals surface area contributed by atoms with Gasteiger partial charge < -0.3 is 9.64 Å². The number of morpholine rings is 1. The summed E-state index contributed by atoms with van der Waals surface area (Å²) in [5.74, 6) is 0.890. The molecule has 2 aromatic carbocycles. The fourth-order valence-electron chi connectivity index (χ4n) is 3.54. The van der Waals surface area contributed by atoms with Crippen LogP contribution in [0, 0.1) is 11.3 Å². The number of ether oxygens (including phenoxy) is 1. The molecule has 5 rings (SSSR count). The molecule has 0 aliphatic carbocycles. The Morgan fingerprint density at radius 3 is 2.59 bits per heavy atom. The number of nitrogens with zero attached hydrogens (tertiary/aromatic N) is 4. The molecule has 0 spiro atoms. The zero-order chi connectivity index (χ0) is 19.6. The molecule has 1 fully saturated rings. The Morgan fingerprint density at radius 1 is 1.03 bits per heavy atom. The topological polar surface area (TPSA) is 62.0 Å². The van der Waals surface area contributed by atoms with Crippen LogP contribution in [0.5, 0.6) is 0 Å². The molecule has 0 saturated carbocycles. The summed E-state index contributed by atoms with van der Waals surface area (Å²) in [7, 11) is 0. The molecule has 0 unspecified atom stereocenters. The monoisotopic (exact) mass is 398 g/mol. The minimum absolute atomic E-state index is 0.554. The first-order chi connectivity index (χ1) is 14.3. The second kappa shape index (κ2) is 7.63. The lowest BCUT2D eigenvalue weighted by molar-refractivity contribution is 0.122.